The second-order valence-electron chi connectivity index (χ2n) is 6.64. The van der Waals surface area contributed by atoms with Crippen molar-refractivity contribution in [3.05, 3.63) is 29.3 Å². The predicted molar refractivity (Wildman–Crippen MR) is 82.6 cm³/mol. The Balaban J connectivity index is 0.00000200. The predicted octanol–water partition coefficient (Wildman–Crippen LogP) is -0.402. The monoisotopic (exact) mass is 315 g/mol. The lowest BCUT2D eigenvalue weighted by Gasteiger charge is -2.40. The average molecular weight is 316 g/mol. The van der Waals surface area contributed by atoms with Gasteiger partial charge in [-0.05, 0) is 41.4 Å². The van der Waals surface area contributed by atoms with E-state index in [2.05, 4.69) is 51.3 Å². The highest BCUT2D eigenvalue weighted by molar-refractivity contribution is 7.99. The van der Waals surface area contributed by atoms with Crippen LogP contribution in [0.15, 0.2) is 18.2 Å². The molecular weight excluding hydrogens is 290 g/mol. The van der Waals surface area contributed by atoms with Crippen LogP contribution in [0.5, 0.6) is 5.75 Å². The van der Waals surface area contributed by atoms with Gasteiger partial charge in [0.05, 0.1) is 5.25 Å². The maximum Gasteiger partial charge on any atom is 0.115 e. The third kappa shape index (κ3) is 3.44. The Morgan fingerprint density at radius 1 is 1.40 bits per heavy atom. The first kappa shape index (κ1) is 17.7. The van der Waals surface area contributed by atoms with Crippen LogP contribution in [-0.4, -0.2) is 22.2 Å². The summed E-state index contributed by atoms with van der Waals surface area (Å²) in [6.07, 6.45) is 1.07. The van der Waals surface area contributed by atoms with Gasteiger partial charge in [0, 0.05) is 5.41 Å². The molecule has 20 heavy (non-hydrogen) atoms. The summed E-state index contributed by atoms with van der Waals surface area (Å²) in [7, 11) is 0. The highest BCUT2D eigenvalue weighted by atomic mass is 35.5. The fourth-order valence-corrected chi connectivity index (χ4v) is 4.36. The van der Waals surface area contributed by atoms with Gasteiger partial charge in [-0.2, -0.15) is 11.8 Å². The number of hydrogen-bond donors (Lipinski definition) is 2. The molecule has 2 rings (SSSR count). The molecule has 0 radical (unpaired) electrons. The summed E-state index contributed by atoms with van der Waals surface area (Å²) in [4.78, 5) is 0. The van der Waals surface area contributed by atoms with Crippen molar-refractivity contribution in [2.45, 2.75) is 50.8 Å². The number of aromatic hydroxyl groups is 1. The number of halogens is 1. The van der Waals surface area contributed by atoms with E-state index in [4.69, 9.17) is 0 Å². The van der Waals surface area contributed by atoms with Gasteiger partial charge in [-0.1, -0.05) is 33.8 Å². The van der Waals surface area contributed by atoms with E-state index in [0.717, 1.165) is 12.3 Å². The van der Waals surface area contributed by atoms with Crippen molar-refractivity contribution >= 4 is 11.8 Å². The number of thioether (sulfide) groups is 1. The van der Waals surface area contributed by atoms with E-state index >= 15 is 0 Å². The van der Waals surface area contributed by atoms with Gasteiger partial charge in [0.15, 0.2) is 0 Å². The Kier molecular flexibility index (Phi) is 5.82. The van der Waals surface area contributed by atoms with E-state index in [1.54, 1.807) is 0 Å². The highest BCUT2D eigenvalue weighted by Gasteiger charge is 2.43. The molecule has 0 heterocycles. The van der Waals surface area contributed by atoms with Crippen molar-refractivity contribution in [1.82, 2.24) is 0 Å². The van der Waals surface area contributed by atoms with E-state index in [-0.39, 0.29) is 17.8 Å². The maximum absolute atomic E-state index is 9.72. The second kappa shape index (κ2) is 6.59. The molecular formula is C16H26ClNOS. The fraction of sp³-hybridized carbons (Fsp3) is 0.625. The molecule has 4 N–H and O–H groups in total. The van der Waals surface area contributed by atoms with Crippen molar-refractivity contribution in [3.63, 3.8) is 0 Å². The lowest BCUT2D eigenvalue weighted by atomic mass is 9.69. The molecule has 0 spiro atoms. The van der Waals surface area contributed by atoms with Crippen LogP contribution in [0, 0.1) is 5.92 Å². The van der Waals surface area contributed by atoms with E-state index in [0.29, 0.717) is 17.0 Å². The first-order valence-electron chi connectivity index (χ1n) is 7.09. The molecule has 0 saturated carbocycles. The van der Waals surface area contributed by atoms with Gasteiger partial charge in [0.1, 0.15) is 11.8 Å². The highest BCUT2D eigenvalue weighted by Crippen LogP contribution is 2.41. The third-order valence-corrected chi connectivity index (χ3v) is 6.01. The zero-order valence-electron chi connectivity index (χ0n) is 12.8. The lowest BCUT2D eigenvalue weighted by Crippen LogP contribution is -3.00. The molecule has 1 aromatic carbocycles. The van der Waals surface area contributed by atoms with Gasteiger partial charge in [-0.25, -0.2) is 0 Å². The normalized spacial score (nSPS) is 24.1. The standard InChI is InChI=1S/C16H25NOS.ClH/c1-10(2)9-19-14-7-11-5-6-12(18)8-13(11)16(3,4)15(14)17;/h5-6,8,10,14-15,18H,7,9,17H2,1-4H3;1H. The molecule has 114 valence electrons. The minimum Gasteiger partial charge on any atom is -1.00 e. The minimum atomic E-state index is 0. The summed E-state index contributed by atoms with van der Waals surface area (Å²) < 4.78 is 0. The molecule has 1 aromatic rings. The van der Waals surface area contributed by atoms with Gasteiger partial charge < -0.3 is 23.2 Å². The van der Waals surface area contributed by atoms with Crippen LogP contribution in [0.4, 0.5) is 0 Å². The third-order valence-electron chi connectivity index (χ3n) is 4.23. The Hall–Kier alpha value is -0.380. The van der Waals surface area contributed by atoms with Crippen molar-refractivity contribution in [1.29, 1.82) is 0 Å². The fourth-order valence-electron chi connectivity index (χ4n) is 2.86. The summed E-state index contributed by atoms with van der Waals surface area (Å²) in [5, 5.41) is 10.3. The number of benzene rings is 1. The summed E-state index contributed by atoms with van der Waals surface area (Å²) in [5.41, 5.74) is 7.12. The van der Waals surface area contributed by atoms with Crippen LogP contribution >= 0.6 is 11.8 Å². The maximum atomic E-state index is 9.72. The van der Waals surface area contributed by atoms with Crippen molar-refractivity contribution < 1.29 is 23.2 Å². The van der Waals surface area contributed by atoms with Crippen LogP contribution < -0.4 is 18.1 Å². The molecule has 0 saturated heterocycles. The zero-order valence-corrected chi connectivity index (χ0v) is 14.4. The quantitative estimate of drug-likeness (QED) is 0.797. The molecule has 0 aromatic heterocycles. The molecule has 0 bridgehead atoms. The van der Waals surface area contributed by atoms with E-state index in [1.165, 1.54) is 16.9 Å². The Bertz CT molecular complexity index is 462. The number of rotatable bonds is 3. The number of phenolic OH excluding ortho intramolecular Hbond substituents is 1. The molecule has 0 amide bonds. The average Bonchev–Trinajstić information content (AvgIpc) is 2.33. The minimum absolute atomic E-state index is 0. The van der Waals surface area contributed by atoms with Gasteiger partial charge in [-0.3, -0.25) is 0 Å². The first-order valence-corrected chi connectivity index (χ1v) is 8.14. The van der Waals surface area contributed by atoms with Crippen molar-refractivity contribution in [3.8, 4) is 5.75 Å². The first-order chi connectivity index (χ1) is 8.82. The van der Waals surface area contributed by atoms with E-state index in [9.17, 15) is 5.11 Å². The van der Waals surface area contributed by atoms with Crippen molar-refractivity contribution in [2.24, 2.45) is 5.92 Å². The van der Waals surface area contributed by atoms with Crippen LogP contribution in [0.2, 0.25) is 0 Å². The summed E-state index contributed by atoms with van der Waals surface area (Å²) in [5.74, 6) is 2.29. The molecule has 1 aliphatic rings. The number of fused-ring (bicyclic) bond motifs is 1. The Labute approximate surface area is 132 Å². The van der Waals surface area contributed by atoms with Gasteiger partial charge >= 0.3 is 0 Å². The van der Waals surface area contributed by atoms with Gasteiger partial charge in [0.25, 0.3) is 0 Å². The molecule has 4 heteroatoms. The van der Waals surface area contributed by atoms with Gasteiger partial charge in [-0.15, -0.1) is 0 Å². The van der Waals surface area contributed by atoms with E-state index in [1.807, 2.05) is 12.1 Å². The van der Waals surface area contributed by atoms with Gasteiger partial charge in [0.2, 0.25) is 0 Å². The summed E-state index contributed by atoms with van der Waals surface area (Å²) >= 11 is 2.06. The van der Waals surface area contributed by atoms with Crippen LogP contribution in [0.1, 0.15) is 38.8 Å². The zero-order chi connectivity index (χ0) is 14.2. The Morgan fingerprint density at radius 2 is 2.05 bits per heavy atom. The largest absolute Gasteiger partial charge is 1.00 e. The van der Waals surface area contributed by atoms with Crippen LogP contribution in [0.25, 0.3) is 0 Å². The number of quaternary nitrogens is 1. The summed E-state index contributed by atoms with van der Waals surface area (Å²) in [6.45, 7) is 9.05. The topological polar surface area (TPSA) is 47.9 Å². The van der Waals surface area contributed by atoms with Crippen molar-refractivity contribution in [2.75, 3.05) is 5.75 Å². The second-order valence-corrected chi connectivity index (χ2v) is 7.91. The summed E-state index contributed by atoms with van der Waals surface area (Å²) in [6, 6.07) is 6.20. The smallest absolute Gasteiger partial charge is 0.115 e. The van der Waals surface area contributed by atoms with Crippen LogP contribution in [-0.2, 0) is 11.8 Å². The molecule has 1 aliphatic carbocycles. The molecule has 0 aliphatic heterocycles. The molecule has 2 nitrogen and oxygen atoms in total. The molecule has 0 fully saturated rings. The number of hydrogen-bond acceptors (Lipinski definition) is 2. The Morgan fingerprint density at radius 3 is 2.65 bits per heavy atom. The molecule has 2 atom stereocenters. The van der Waals surface area contributed by atoms with E-state index < -0.39 is 0 Å². The van der Waals surface area contributed by atoms with Crippen LogP contribution in [0.3, 0.4) is 0 Å². The molecule has 2 unspecified atom stereocenters. The number of phenols is 1. The lowest BCUT2D eigenvalue weighted by molar-refractivity contribution is -0.435. The SMILES string of the molecule is CC(C)CSC1Cc2ccc(O)cc2C(C)(C)C1[NH3+].[Cl-].